The molecule has 0 spiro atoms. The topological polar surface area (TPSA) is 193 Å². The molecule has 0 bridgehead atoms. The summed E-state index contributed by atoms with van der Waals surface area (Å²) >= 11 is 0. The van der Waals surface area contributed by atoms with E-state index in [1.807, 2.05) is 0 Å². The van der Waals surface area contributed by atoms with Crippen molar-refractivity contribution in [2.24, 2.45) is 11.5 Å². The van der Waals surface area contributed by atoms with Gasteiger partial charge in [0, 0.05) is 24.7 Å². The number of nitrogens with zero attached hydrogens (tertiary/aromatic N) is 1. The molecule has 1 aromatic rings. The van der Waals surface area contributed by atoms with E-state index < -0.39 is 30.0 Å². The molecule has 8 N–H and O–H groups in total. The SMILES string of the molecule is NC(CCC(=O)O)C(=O)O.NC(Cc1cnc[nH]1)C(=O)O. The zero-order chi connectivity index (χ0) is 16.4. The second-order valence-electron chi connectivity index (χ2n) is 4.10. The fourth-order valence-corrected chi connectivity index (χ4v) is 1.12. The number of aliphatic carboxylic acids is 3. The van der Waals surface area contributed by atoms with Crippen molar-refractivity contribution in [2.75, 3.05) is 0 Å². The van der Waals surface area contributed by atoms with Crippen LogP contribution >= 0.6 is 0 Å². The molecule has 10 heteroatoms. The highest BCUT2D eigenvalue weighted by molar-refractivity contribution is 5.74. The predicted molar refractivity (Wildman–Crippen MR) is 70.4 cm³/mol. The van der Waals surface area contributed by atoms with Crippen molar-refractivity contribution < 1.29 is 29.7 Å². The lowest BCUT2D eigenvalue weighted by Gasteiger charge is -2.02. The Morgan fingerprint density at radius 3 is 2.10 bits per heavy atom. The third-order valence-electron chi connectivity index (χ3n) is 2.30. The van der Waals surface area contributed by atoms with Crippen LogP contribution < -0.4 is 11.5 Å². The predicted octanol–water partition coefficient (Wildman–Crippen LogP) is -1.37. The lowest BCUT2D eigenvalue weighted by molar-refractivity contribution is -0.140. The Hall–Kier alpha value is -2.46. The van der Waals surface area contributed by atoms with Crippen LogP contribution in [0.15, 0.2) is 12.5 Å². The summed E-state index contributed by atoms with van der Waals surface area (Å²) in [5.41, 5.74) is 11.0. The first kappa shape index (κ1) is 18.5. The second-order valence-corrected chi connectivity index (χ2v) is 4.10. The fourth-order valence-electron chi connectivity index (χ4n) is 1.12. The van der Waals surface area contributed by atoms with Gasteiger partial charge in [-0.3, -0.25) is 14.4 Å². The summed E-state index contributed by atoms with van der Waals surface area (Å²) < 4.78 is 0. The molecule has 1 heterocycles. The number of carboxylic acid groups (broad SMARTS) is 3. The highest BCUT2D eigenvalue weighted by Gasteiger charge is 2.12. The van der Waals surface area contributed by atoms with Crippen LogP contribution in [0, 0.1) is 0 Å². The van der Waals surface area contributed by atoms with Gasteiger partial charge in [-0.2, -0.15) is 0 Å². The molecule has 0 aliphatic rings. The van der Waals surface area contributed by atoms with Gasteiger partial charge in [0.2, 0.25) is 0 Å². The molecule has 0 saturated heterocycles. The minimum atomic E-state index is -1.17. The Bertz CT molecular complexity index is 461. The molecule has 1 rings (SSSR count). The largest absolute Gasteiger partial charge is 0.481 e. The summed E-state index contributed by atoms with van der Waals surface area (Å²) in [5, 5.41) is 24.7. The highest BCUT2D eigenvalue weighted by atomic mass is 16.4. The summed E-state index contributed by atoms with van der Waals surface area (Å²) in [6.07, 6.45) is 3.11. The van der Waals surface area contributed by atoms with Crippen LogP contribution in [0.5, 0.6) is 0 Å². The van der Waals surface area contributed by atoms with E-state index in [-0.39, 0.29) is 19.3 Å². The Balaban J connectivity index is 0.000000384. The Labute approximate surface area is 119 Å². The molecular weight excluding hydrogens is 284 g/mol. The zero-order valence-electron chi connectivity index (χ0n) is 11.1. The van der Waals surface area contributed by atoms with E-state index in [1.165, 1.54) is 6.33 Å². The van der Waals surface area contributed by atoms with E-state index in [2.05, 4.69) is 9.97 Å². The molecule has 118 valence electrons. The van der Waals surface area contributed by atoms with E-state index in [0.717, 1.165) is 5.69 Å². The van der Waals surface area contributed by atoms with Gasteiger partial charge in [-0.1, -0.05) is 0 Å². The number of imidazole rings is 1. The molecule has 0 aliphatic carbocycles. The third kappa shape index (κ3) is 9.13. The van der Waals surface area contributed by atoms with Crippen molar-refractivity contribution >= 4 is 17.9 Å². The van der Waals surface area contributed by atoms with Crippen LogP contribution in [0.25, 0.3) is 0 Å². The molecular formula is C11H18N4O6. The van der Waals surface area contributed by atoms with Gasteiger partial charge >= 0.3 is 17.9 Å². The van der Waals surface area contributed by atoms with Crippen LogP contribution in [0.3, 0.4) is 0 Å². The molecule has 0 radical (unpaired) electrons. The van der Waals surface area contributed by atoms with Gasteiger partial charge in [-0.25, -0.2) is 4.98 Å². The number of aromatic amines is 1. The maximum atomic E-state index is 10.3. The van der Waals surface area contributed by atoms with Gasteiger partial charge in [0.1, 0.15) is 12.1 Å². The van der Waals surface area contributed by atoms with Crippen molar-refractivity contribution in [1.82, 2.24) is 9.97 Å². The average Bonchev–Trinajstić information content (AvgIpc) is 2.89. The zero-order valence-corrected chi connectivity index (χ0v) is 11.1. The lowest BCUT2D eigenvalue weighted by Crippen LogP contribution is -2.32. The molecule has 10 nitrogen and oxygen atoms in total. The molecule has 2 atom stereocenters. The molecule has 21 heavy (non-hydrogen) atoms. The minimum Gasteiger partial charge on any atom is -0.481 e. The van der Waals surface area contributed by atoms with Crippen LogP contribution in [0.2, 0.25) is 0 Å². The maximum Gasteiger partial charge on any atom is 0.320 e. The Kier molecular flexibility index (Phi) is 8.34. The van der Waals surface area contributed by atoms with Crippen molar-refractivity contribution in [3.8, 4) is 0 Å². The summed E-state index contributed by atoms with van der Waals surface area (Å²) in [4.78, 5) is 36.6. The van der Waals surface area contributed by atoms with Crippen LogP contribution in [0.4, 0.5) is 0 Å². The van der Waals surface area contributed by atoms with E-state index in [0.29, 0.717) is 0 Å². The Morgan fingerprint density at radius 1 is 1.14 bits per heavy atom. The van der Waals surface area contributed by atoms with Crippen molar-refractivity contribution in [1.29, 1.82) is 0 Å². The minimum absolute atomic E-state index is 0.0231. The quantitative estimate of drug-likeness (QED) is 0.352. The van der Waals surface area contributed by atoms with E-state index in [9.17, 15) is 14.4 Å². The molecule has 1 aromatic heterocycles. The summed E-state index contributed by atoms with van der Waals surface area (Å²) in [5.74, 6) is -3.20. The number of H-pyrrole nitrogens is 1. The fraction of sp³-hybridized carbons (Fsp3) is 0.455. The molecule has 0 aromatic carbocycles. The third-order valence-corrected chi connectivity index (χ3v) is 2.30. The molecule has 0 saturated carbocycles. The average molecular weight is 302 g/mol. The number of nitrogens with two attached hydrogens (primary N) is 2. The first-order valence-corrected chi connectivity index (χ1v) is 5.89. The molecule has 2 unspecified atom stereocenters. The van der Waals surface area contributed by atoms with Crippen LogP contribution in [-0.2, 0) is 20.8 Å². The van der Waals surface area contributed by atoms with Gasteiger partial charge in [0.05, 0.1) is 6.33 Å². The second kappa shape index (κ2) is 9.44. The van der Waals surface area contributed by atoms with Crippen molar-refractivity contribution in [3.63, 3.8) is 0 Å². The number of hydrogen-bond donors (Lipinski definition) is 6. The number of hydrogen-bond acceptors (Lipinski definition) is 6. The molecule has 0 aliphatic heterocycles. The first-order chi connectivity index (χ1) is 9.73. The summed E-state index contributed by atoms with van der Waals surface area (Å²) in [7, 11) is 0. The van der Waals surface area contributed by atoms with E-state index >= 15 is 0 Å². The normalized spacial score (nSPS) is 12.7. The van der Waals surface area contributed by atoms with E-state index in [1.54, 1.807) is 6.20 Å². The van der Waals surface area contributed by atoms with E-state index in [4.69, 9.17) is 26.8 Å². The monoisotopic (exact) mass is 302 g/mol. The lowest BCUT2D eigenvalue weighted by atomic mass is 10.2. The van der Waals surface area contributed by atoms with Gasteiger partial charge in [-0.05, 0) is 6.42 Å². The number of rotatable bonds is 7. The van der Waals surface area contributed by atoms with Gasteiger partial charge in [0.15, 0.2) is 0 Å². The number of carbonyl (C=O) groups is 3. The number of aromatic nitrogens is 2. The Morgan fingerprint density at radius 2 is 1.71 bits per heavy atom. The van der Waals surface area contributed by atoms with Crippen LogP contribution in [-0.4, -0.2) is 55.3 Å². The smallest absolute Gasteiger partial charge is 0.320 e. The van der Waals surface area contributed by atoms with Gasteiger partial charge in [-0.15, -0.1) is 0 Å². The molecule has 0 amide bonds. The van der Waals surface area contributed by atoms with Crippen molar-refractivity contribution in [3.05, 3.63) is 18.2 Å². The number of nitrogens with one attached hydrogen (secondary N) is 1. The first-order valence-electron chi connectivity index (χ1n) is 5.89. The standard InChI is InChI=1S/C6H9N3O2.C5H9NO4/c7-5(6(10)11)1-4-2-8-3-9-4;6-3(5(9)10)1-2-4(7)8/h2-3,5H,1,7H2,(H,8,9)(H,10,11);3H,1-2,6H2,(H,7,8)(H,9,10). The summed E-state index contributed by atoms with van der Waals surface area (Å²) in [6.45, 7) is 0. The van der Waals surface area contributed by atoms with Gasteiger partial charge in [0.25, 0.3) is 0 Å². The van der Waals surface area contributed by atoms with Crippen LogP contribution in [0.1, 0.15) is 18.5 Å². The van der Waals surface area contributed by atoms with Gasteiger partial charge < -0.3 is 31.8 Å². The molecule has 0 fully saturated rings. The van der Waals surface area contributed by atoms with Crippen molar-refractivity contribution in [2.45, 2.75) is 31.3 Å². The maximum absolute atomic E-state index is 10.3. The highest BCUT2D eigenvalue weighted by Crippen LogP contribution is 1.95. The number of carboxylic acids is 3. The summed E-state index contributed by atoms with van der Waals surface area (Å²) in [6, 6.07) is -1.91.